The number of rotatable bonds is 5. The summed E-state index contributed by atoms with van der Waals surface area (Å²) < 4.78 is 0. The van der Waals surface area contributed by atoms with Crippen LogP contribution in [0.5, 0.6) is 0 Å². The van der Waals surface area contributed by atoms with Crippen molar-refractivity contribution in [2.24, 2.45) is 0 Å². The smallest absolute Gasteiger partial charge is 0.253 e. The molecule has 0 bridgehead atoms. The zero-order chi connectivity index (χ0) is 16.8. The van der Waals surface area contributed by atoms with E-state index in [0.29, 0.717) is 6.04 Å². The molecule has 1 fully saturated rings. The number of piperidine rings is 1. The second-order valence-electron chi connectivity index (χ2n) is 6.20. The molecule has 1 amide bonds. The summed E-state index contributed by atoms with van der Waals surface area (Å²) in [5.74, 6) is 1.07. The van der Waals surface area contributed by atoms with E-state index in [4.69, 9.17) is 0 Å². The summed E-state index contributed by atoms with van der Waals surface area (Å²) in [5.41, 5.74) is 2.09. The number of carbonyl (C=O) groups excluding carboxylic acids is 1. The Labute approximate surface area is 160 Å². The minimum atomic E-state index is 0. The van der Waals surface area contributed by atoms with Crippen molar-refractivity contribution in [3.8, 4) is 0 Å². The minimum absolute atomic E-state index is 0. The first-order valence-electron chi connectivity index (χ1n) is 8.49. The average Bonchev–Trinajstić information content (AvgIpc) is 2.67. The van der Waals surface area contributed by atoms with Gasteiger partial charge in [0.05, 0.1) is 0 Å². The number of nitrogens with zero attached hydrogens (tertiary/aromatic N) is 1. The van der Waals surface area contributed by atoms with Crippen LogP contribution in [0.4, 0.5) is 0 Å². The predicted molar refractivity (Wildman–Crippen MR) is 108 cm³/mol. The molecule has 0 aromatic heterocycles. The highest BCUT2D eigenvalue weighted by molar-refractivity contribution is 7.98. The fourth-order valence-electron chi connectivity index (χ4n) is 3.00. The van der Waals surface area contributed by atoms with Crippen LogP contribution in [0.3, 0.4) is 0 Å². The molecule has 1 N–H and O–H groups in total. The Kier molecular flexibility index (Phi) is 7.82. The van der Waals surface area contributed by atoms with Crippen LogP contribution in [0.2, 0.25) is 0 Å². The van der Waals surface area contributed by atoms with Gasteiger partial charge in [0, 0.05) is 29.3 Å². The lowest BCUT2D eigenvalue weighted by Gasteiger charge is -2.31. The maximum atomic E-state index is 12.6. The number of amides is 1. The highest BCUT2D eigenvalue weighted by Crippen LogP contribution is 2.23. The maximum absolute atomic E-state index is 12.6. The van der Waals surface area contributed by atoms with Gasteiger partial charge in [-0.05, 0) is 55.8 Å². The molecule has 1 aliphatic rings. The minimum Gasteiger partial charge on any atom is -0.339 e. The van der Waals surface area contributed by atoms with Gasteiger partial charge in [0.15, 0.2) is 0 Å². The van der Waals surface area contributed by atoms with Crippen LogP contribution >= 0.6 is 24.2 Å². The summed E-state index contributed by atoms with van der Waals surface area (Å²) in [5, 5.41) is 3.34. The lowest BCUT2D eigenvalue weighted by Crippen LogP contribution is -2.43. The molecule has 3 nitrogen and oxygen atoms in total. The molecule has 2 aromatic carbocycles. The van der Waals surface area contributed by atoms with E-state index in [-0.39, 0.29) is 18.3 Å². The van der Waals surface area contributed by atoms with Gasteiger partial charge in [-0.2, -0.15) is 0 Å². The fourth-order valence-corrected chi connectivity index (χ4v) is 3.85. The van der Waals surface area contributed by atoms with Crippen molar-refractivity contribution in [2.45, 2.75) is 29.5 Å². The molecule has 0 atom stereocenters. The van der Waals surface area contributed by atoms with E-state index in [1.807, 2.05) is 30.1 Å². The molecular formula is C20H25ClN2OS. The molecule has 0 saturated carbocycles. The number of thioether (sulfide) groups is 1. The molecule has 134 valence electrons. The molecule has 1 heterocycles. The Hall–Kier alpha value is -1.49. The zero-order valence-electron chi connectivity index (χ0n) is 14.5. The maximum Gasteiger partial charge on any atom is 0.253 e. The van der Waals surface area contributed by atoms with E-state index in [1.54, 1.807) is 11.8 Å². The summed E-state index contributed by atoms with van der Waals surface area (Å²) >= 11 is 1.80. The van der Waals surface area contributed by atoms with Crippen molar-refractivity contribution < 1.29 is 4.79 Å². The van der Waals surface area contributed by atoms with Crippen molar-refractivity contribution in [3.63, 3.8) is 0 Å². The van der Waals surface area contributed by atoms with Gasteiger partial charge in [0.25, 0.3) is 5.91 Å². The Morgan fingerprint density at radius 1 is 1.08 bits per heavy atom. The number of benzene rings is 2. The largest absolute Gasteiger partial charge is 0.339 e. The van der Waals surface area contributed by atoms with E-state index in [2.05, 4.69) is 41.7 Å². The van der Waals surface area contributed by atoms with Gasteiger partial charge in [-0.1, -0.05) is 30.3 Å². The van der Waals surface area contributed by atoms with Gasteiger partial charge in [-0.3, -0.25) is 4.79 Å². The van der Waals surface area contributed by atoms with Crippen LogP contribution in [0.25, 0.3) is 0 Å². The SMILES string of the molecule is CN(C(=O)c1ccc(SCc2ccccc2)cc1)C1CCNCC1.Cl. The molecule has 5 heteroatoms. The number of carbonyl (C=O) groups is 1. The number of hydrogen-bond donors (Lipinski definition) is 1. The molecule has 2 aromatic rings. The molecule has 1 saturated heterocycles. The summed E-state index contributed by atoms with van der Waals surface area (Å²) in [4.78, 5) is 15.7. The molecule has 0 aliphatic carbocycles. The van der Waals surface area contributed by atoms with Crippen LogP contribution in [0, 0.1) is 0 Å². The Balaban J connectivity index is 0.00000225. The monoisotopic (exact) mass is 376 g/mol. The third-order valence-electron chi connectivity index (χ3n) is 4.53. The van der Waals surface area contributed by atoms with E-state index < -0.39 is 0 Å². The van der Waals surface area contributed by atoms with Gasteiger partial charge in [-0.15, -0.1) is 24.2 Å². The first-order valence-corrected chi connectivity index (χ1v) is 9.47. The standard InChI is InChI=1S/C20H24N2OS.ClH/c1-22(18-11-13-21-14-12-18)20(23)17-7-9-19(10-8-17)24-15-16-5-3-2-4-6-16;/h2-10,18,21H,11-15H2,1H3;1H. The molecule has 1 aliphatic heterocycles. The Bertz CT molecular complexity index is 657. The molecule has 0 unspecified atom stereocenters. The third kappa shape index (κ3) is 5.50. The van der Waals surface area contributed by atoms with Gasteiger partial charge in [-0.25, -0.2) is 0 Å². The second kappa shape index (κ2) is 9.85. The van der Waals surface area contributed by atoms with E-state index in [0.717, 1.165) is 37.2 Å². The first kappa shape index (κ1) is 19.8. The lowest BCUT2D eigenvalue weighted by molar-refractivity contribution is 0.0703. The van der Waals surface area contributed by atoms with Gasteiger partial charge in [0.1, 0.15) is 0 Å². The summed E-state index contributed by atoms with van der Waals surface area (Å²) in [6.07, 6.45) is 2.07. The Morgan fingerprint density at radius 3 is 2.36 bits per heavy atom. The van der Waals surface area contributed by atoms with E-state index in [9.17, 15) is 4.79 Å². The van der Waals surface area contributed by atoms with Crippen LogP contribution in [-0.2, 0) is 5.75 Å². The van der Waals surface area contributed by atoms with Crippen LogP contribution in [0.1, 0.15) is 28.8 Å². The summed E-state index contributed by atoms with van der Waals surface area (Å²) in [6.45, 7) is 1.99. The average molecular weight is 377 g/mol. The fraction of sp³-hybridized carbons (Fsp3) is 0.350. The quantitative estimate of drug-likeness (QED) is 0.793. The van der Waals surface area contributed by atoms with Crippen LogP contribution < -0.4 is 5.32 Å². The summed E-state index contributed by atoms with van der Waals surface area (Å²) in [6, 6.07) is 18.8. The molecule has 0 spiro atoms. The molecule has 0 radical (unpaired) electrons. The Morgan fingerprint density at radius 2 is 1.72 bits per heavy atom. The van der Waals surface area contributed by atoms with Crippen molar-refractivity contribution in [1.29, 1.82) is 0 Å². The van der Waals surface area contributed by atoms with Crippen molar-refractivity contribution >= 4 is 30.1 Å². The molecule has 25 heavy (non-hydrogen) atoms. The summed E-state index contributed by atoms with van der Waals surface area (Å²) in [7, 11) is 1.93. The highest BCUT2D eigenvalue weighted by atomic mass is 35.5. The van der Waals surface area contributed by atoms with Crippen molar-refractivity contribution in [3.05, 3.63) is 65.7 Å². The van der Waals surface area contributed by atoms with Crippen molar-refractivity contribution in [1.82, 2.24) is 10.2 Å². The normalized spacial score (nSPS) is 14.6. The van der Waals surface area contributed by atoms with Gasteiger partial charge in [0.2, 0.25) is 0 Å². The van der Waals surface area contributed by atoms with Crippen molar-refractivity contribution in [2.75, 3.05) is 20.1 Å². The van der Waals surface area contributed by atoms with E-state index >= 15 is 0 Å². The topological polar surface area (TPSA) is 32.3 Å². The van der Waals surface area contributed by atoms with E-state index in [1.165, 1.54) is 10.5 Å². The second-order valence-corrected chi connectivity index (χ2v) is 7.24. The first-order chi connectivity index (χ1) is 11.7. The molecule has 3 rings (SSSR count). The third-order valence-corrected chi connectivity index (χ3v) is 5.61. The van der Waals surface area contributed by atoms with Crippen LogP contribution in [-0.4, -0.2) is 37.0 Å². The number of halogens is 1. The lowest BCUT2D eigenvalue weighted by atomic mass is 10.0. The zero-order valence-corrected chi connectivity index (χ0v) is 16.1. The van der Waals surface area contributed by atoms with Crippen LogP contribution in [0.15, 0.2) is 59.5 Å². The molecular weight excluding hydrogens is 352 g/mol. The van der Waals surface area contributed by atoms with Gasteiger partial charge < -0.3 is 10.2 Å². The van der Waals surface area contributed by atoms with Gasteiger partial charge >= 0.3 is 0 Å². The number of nitrogens with one attached hydrogen (secondary N) is 1. The predicted octanol–water partition coefficient (Wildman–Crippen LogP) is 4.22. The highest BCUT2D eigenvalue weighted by Gasteiger charge is 2.22. The number of hydrogen-bond acceptors (Lipinski definition) is 3.